The van der Waals surface area contributed by atoms with E-state index in [-0.39, 0.29) is 5.75 Å². The molecule has 0 atom stereocenters. The summed E-state index contributed by atoms with van der Waals surface area (Å²) in [4.78, 5) is 4.33. The fourth-order valence-electron chi connectivity index (χ4n) is 2.58. The highest BCUT2D eigenvalue weighted by atomic mass is 19.1. The van der Waals surface area contributed by atoms with Crippen molar-refractivity contribution in [3.05, 3.63) is 29.1 Å². The third kappa shape index (κ3) is 4.16. The van der Waals surface area contributed by atoms with Gasteiger partial charge in [0.1, 0.15) is 0 Å². The van der Waals surface area contributed by atoms with Gasteiger partial charge in [-0.1, -0.05) is 6.07 Å². The van der Waals surface area contributed by atoms with E-state index in [4.69, 9.17) is 0 Å². The molecule has 0 spiro atoms. The highest BCUT2D eigenvalue weighted by molar-refractivity contribution is 5.38. The average Bonchev–Trinajstić information content (AvgIpc) is 2.41. The number of hydrogen-bond acceptors (Lipinski definition) is 4. The molecular formula is C15H24FN3O. The third-order valence-corrected chi connectivity index (χ3v) is 3.61. The molecule has 1 aliphatic rings. The molecule has 0 unspecified atom stereocenters. The summed E-state index contributed by atoms with van der Waals surface area (Å²) in [6, 6.07) is 3.34. The van der Waals surface area contributed by atoms with Gasteiger partial charge >= 0.3 is 0 Å². The van der Waals surface area contributed by atoms with Gasteiger partial charge in [0.05, 0.1) is 0 Å². The summed E-state index contributed by atoms with van der Waals surface area (Å²) in [5.74, 6) is -0.706. The van der Waals surface area contributed by atoms with Gasteiger partial charge < -0.3 is 20.2 Å². The number of nitrogens with one attached hydrogen (secondary N) is 1. The first-order chi connectivity index (χ1) is 9.56. The van der Waals surface area contributed by atoms with Gasteiger partial charge in [-0.15, -0.1) is 0 Å². The van der Waals surface area contributed by atoms with Crippen LogP contribution < -0.4 is 5.32 Å². The molecule has 0 bridgehead atoms. The van der Waals surface area contributed by atoms with Crippen molar-refractivity contribution in [2.75, 3.05) is 46.8 Å². The maximum absolute atomic E-state index is 13.8. The van der Waals surface area contributed by atoms with Crippen LogP contribution in [0, 0.1) is 5.82 Å². The fraction of sp³-hybridized carbons (Fsp3) is 0.600. The molecule has 1 aromatic rings. The lowest BCUT2D eigenvalue weighted by Gasteiger charge is -2.27. The molecule has 1 aromatic carbocycles. The molecule has 0 aromatic heterocycles. The quantitative estimate of drug-likeness (QED) is 0.846. The van der Waals surface area contributed by atoms with Gasteiger partial charge in [0, 0.05) is 39.3 Å². The van der Waals surface area contributed by atoms with E-state index in [0.717, 1.165) is 38.3 Å². The molecule has 1 saturated heterocycles. The smallest absolute Gasteiger partial charge is 0.165 e. The highest BCUT2D eigenvalue weighted by Gasteiger charge is 2.13. The fourth-order valence-corrected chi connectivity index (χ4v) is 2.58. The summed E-state index contributed by atoms with van der Waals surface area (Å²) in [7, 11) is 3.90. The van der Waals surface area contributed by atoms with E-state index in [1.807, 2.05) is 25.1 Å². The van der Waals surface area contributed by atoms with Crippen LogP contribution in [0.1, 0.15) is 11.1 Å². The first kappa shape index (κ1) is 15.2. The Kier molecular flexibility index (Phi) is 5.34. The molecule has 0 saturated carbocycles. The molecule has 0 amide bonds. The predicted octanol–water partition coefficient (Wildman–Crippen LogP) is 1.04. The van der Waals surface area contributed by atoms with Gasteiger partial charge in [0.15, 0.2) is 11.6 Å². The number of rotatable bonds is 5. The van der Waals surface area contributed by atoms with Crippen LogP contribution in [0.3, 0.4) is 0 Å². The zero-order valence-electron chi connectivity index (χ0n) is 12.3. The molecule has 1 fully saturated rings. The maximum Gasteiger partial charge on any atom is 0.165 e. The minimum absolute atomic E-state index is 0.192. The summed E-state index contributed by atoms with van der Waals surface area (Å²) < 4.78 is 13.8. The molecule has 1 aliphatic heterocycles. The van der Waals surface area contributed by atoms with Gasteiger partial charge in [-0.3, -0.25) is 0 Å². The van der Waals surface area contributed by atoms with Crippen molar-refractivity contribution >= 4 is 0 Å². The molecule has 1 heterocycles. The summed E-state index contributed by atoms with van der Waals surface area (Å²) in [5, 5.41) is 13.2. The molecule has 2 rings (SSSR count). The lowest BCUT2D eigenvalue weighted by atomic mass is 10.1. The Hall–Kier alpha value is -1.17. The standard InChI is InChI=1S/C15H24FN3O/c1-18(2)11-12-9-13(15(20)14(16)10-12)3-6-19-7-4-17-5-8-19/h9-10,17,20H,3-8,11H2,1-2H3. The summed E-state index contributed by atoms with van der Waals surface area (Å²) in [6.45, 7) is 5.57. The van der Waals surface area contributed by atoms with Crippen molar-refractivity contribution in [3.8, 4) is 5.75 Å². The molecule has 20 heavy (non-hydrogen) atoms. The normalized spacial score (nSPS) is 16.8. The molecule has 5 heteroatoms. The van der Waals surface area contributed by atoms with E-state index in [1.54, 1.807) is 0 Å². The average molecular weight is 281 g/mol. The van der Waals surface area contributed by atoms with Crippen LogP contribution in [0.2, 0.25) is 0 Å². The van der Waals surface area contributed by atoms with Crippen LogP contribution in [-0.4, -0.2) is 61.7 Å². The second-order valence-electron chi connectivity index (χ2n) is 5.66. The van der Waals surface area contributed by atoms with Crippen molar-refractivity contribution in [3.63, 3.8) is 0 Å². The number of phenolic OH excluding ortho intramolecular Hbond substituents is 1. The van der Waals surface area contributed by atoms with Crippen molar-refractivity contribution in [2.45, 2.75) is 13.0 Å². The third-order valence-electron chi connectivity index (χ3n) is 3.61. The summed E-state index contributed by atoms with van der Waals surface area (Å²) in [5.41, 5.74) is 1.61. The van der Waals surface area contributed by atoms with Crippen LogP contribution in [0.15, 0.2) is 12.1 Å². The summed E-state index contributed by atoms with van der Waals surface area (Å²) in [6.07, 6.45) is 0.685. The molecule has 0 aliphatic carbocycles. The van der Waals surface area contributed by atoms with Crippen molar-refractivity contribution in [2.24, 2.45) is 0 Å². The van der Waals surface area contributed by atoms with Gasteiger partial charge in [-0.25, -0.2) is 4.39 Å². The Morgan fingerprint density at radius 3 is 2.65 bits per heavy atom. The topological polar surface area (TPSA) is 38.7 Å². The van der Waals surface area contributed by atoms with Crippen molar-refractivity contribution < 1.29 is 9.50 Å². The van der Waals surface area contributed by atoms with Crippen LogP contribution >= 0.6 is 0 Å². The zero-order valence-corrected chi connectivity index (χ0v) is 12.3. The van der Waals surface area contributed by atoms with Gasteiger partial charge in [0.25, 0.3) is 0 Å². The largest absolute Gasteiger partial charge is 0.505 e. The first-order valence-corrected chi connectivity index (χ1v) is 7.14. The minimum atomic E-state index is -0.514. The van der Waals surface area contributed by atoms with E-state index in [1.165, 1.54) is 6.07 Å². The van der Waals surface area contributed by atoms with Gasteiger partial charge in [0.2, 0.25) is 0 Å². The van der Waals surface area contributed by atoms with E-state index in [0.29, 0.717) is 18.5 Å². The van der Waals surface area contributed by atoms with E-state index in [2.05, 4.69) is 10.2 Å². The molecule has 0 radical (unpaired) electrons. The Morgan fingerprint density at radius 2 is 2.00 bits per heavy atom. The Labute approximate surface area is 120 Å². The number of aromatic hydroxyl groups is 1. The van der Waals surface area contributed by atoms with Gasteiger partial charge in [-0.2, -0.15) is 0 Å². The summed E-state index contributed by atoms with van der Waals surface area (Å²) >= 11 is 0. The SMILES string of the molecule is CN(C)Cc1cc(F)c(O)c(CCN2CCNCC2)c1. The van der Waals surface area contributed by atoms with Gasteiger partial charge in [-0.05, 0) is 37.7 Å². The first-order valence-electron chi connectivity index (χ1n) is 7.14. The second kappa shape index (κ2) is 7.02. The number of piperazine rings is 1. The number of nitrogens with zero attached hydrogens (tertiary/aromatic N) is 2. The van der Waals surface area contributed by atoms with Crippen molar-refractivity contribution in [1.29, 1.82) is 0 Å². The number of phenols is 1. The lowest BCUT2D eigenvalue weighted by Crippen LogP contribution is -2.44. The highest BCUT2D eigenvalue weighted by Crippen LogP contribution is 2.24. The molecular weight excluding hydrogens is 257 g/mol. The van der Waals surface area contributed by atoms with Crippen molar-refractivity contribution in [1.82, 2.24) is 15.1 Å². The number of benzene rings is 1. The Balaban J connectivity index is 2.03. The number of hydrogen-bond donors (Lipinski definition) is 2. The van der Waals surface area contributed by atoms with Crippen LogP contribution in [-0.2, 0) is 13.0 Å². The van der Waals surface area contributed by atoms with E-state index >= 15 is 0 Å². The minimum Gasteiger partial charge on any atom is -0.505 e. The van der Waals surface area contributed by atoms with E-state index < -0.39 is 5.82 Å². The van der Waals surface area contributed by atoms with E-state index in [9.17, 15) is 9.50 Å². The molecule has 112 valence electrons. The Morgan fingerprint density at radius 1 is 1.30 bits per heavy atom. The zero-order chi connectivity index (χ0) is 14.5. The monoisotopic (exact) mass is 281 g/mol. The lowest BCUT2D eigenvalue weighted by molar-refractivity contribution is 0.243. The Bertz CT molecular complexity index is 445. The second-order valence-corrected chi connectivity index (χ2v) is 5.66. The van der Waals surface area contributed by atoms with Crippen LogP contribution in [0.5, 0.6) is 5.75 Å². The maximum atomic E-state index is 13.8. The number of halogens is 1. The predicted molar refractivity (Wildman–Crippen MR) is 78.5 cm³/mol. The van der Waals surface area contributed by atoms with Crippen LogP contribution in [0.25, 0.3) is 0 Å². The molecule has 2 N–H and O–H groups in total. The van der Waals surface area contributed by atoms with Crippen LogP contribution in [0.4, 0.5) is 4.39 Å². The molecule has 4 nitrogen and oxygen atoms in total.